The highest BCUT2D eigenvalue weighted by Crippen LogP contribution is 2.23. The topological polar surface area (TPSA) is 38.4 Å². The highest BCUT2D eigenvalue weighted by Gasteiger charge is 2.25. The van der Waals surface area contributed by atoms with E-state index in [0.29, 0.717) is 11.1 Å². The van der Waals surface area contributed by atoms with Crippen LogP contribution >= 0.6 is 11.6 Å². The van der Waals surface area contributed by atoms with Crippen LogP contribution in [0.3, 0.4) is 0 Å². The largest absolute Gasteiger partial charge is 0.307 e. The number of hydrogen-bond acceptors (Lipinski definition) is 3. The SMILES string of the molecule is Cc1ccc2nc(CN3CCC(n4cc(Cl)cn4)C3)cn2c1. The minimum Gasteiger partial charge on any atom is -0.307 e. The standard InChI is InChI=1S/C16H18ClN5/c1-12-2-3-16-19-14(10-21(16)7-12)9-20-5-4-15(11-20)22-8-13(17)6-18-22/h2-3,6-8,10,15H,4-5,9,11H2,1H3. The molecule has 1 atom stereocenters. The first-order valence-corrected chi connectivity index (χ1v) is 7.91. The summed E-state index contributed by atoms with van der Waals surface area (Å²) in [6.07, 6.45) is 8.95. The first-order chi connectivity index (χ1) is 10.7. The summed E-state index contributed by atoms with van der Waals surface area (Å²) in [5, 5.41) is 5.02. The molecule has 0 amide bonds. The van der Waals surface area contributed by atoms with Crippen LogP contribution in [0.15, 0.2) is 36.9 Å². The number of likely N-dealkylation sites (tertiary alicyclic amines) is 1. The predicted molar refractivity (Wildman–Crippen MR) is 86.1 cm³/mol. The van der Waals surface area contributed by atoms with Gasteiger partial charge in [0.15, 0.2) is 0 Å². The van der Waals surface area contributed by atoms with Crippen LogP contribution < -0.4 is 0 Å². The molecule has 0 radical (unpaired) electrons. The maximum Gasteiger partial charge on any atom is 0.137 e. The van der Waals surface area contributed by atoms with Gasteiger partial charge in [0.2, 0.25) is 0 Å². The molecule has 4 rings (SSSR count). The maximum absolute atomic E-state index is 5.95. The summed E-state index contributed by atoms with van der Waals surface area (Å²) in [6.45, 7) is 5.03. The molecule has 4 heterocycles. The summed E-state index contributed by atoms with van der Waals surface area (Å²) < 4.78 is 4.08. The number of aromatic nitrogens is 4. The summed E-state index contributed by atoms with van der Waals surface area (Å²) in [5.41, 5.74) is 3.37. The highest BCUT2D eigenvalue weighted by molar-refractivity contribution is 6.30. The molecule has 0 spiro atoms. The number of hydrogen-bond donors (Lipinski definition) is 0. The first kappa shape index (κ1) is 13.8. The van der Waals surface area contributed by atoms with E-state index in [1.165, 1.54) is 5.56 Å². The average Bonchev–Trinajstić information content (AvgIpc) is 3.18. The van der Waals surface area contributed by atoms with Gasteiger partial charge in [-0.05, 0) is 25.0 Å². The molecule has 3 aromatic heterocycles. The minimum atomic E-state index is 0.409. The normalized spacial score (nSPS) is 19.3. The van der Waals surface area contributed by atoms with Crippen LogP contribution in [0.25, 0.3) is 5.65 Å². The number of imidazole rings is 1. The molecular weight excluding hydrogens is 298 g/mol. The Morgan fingerprint density at radius 1 is 1.27 bits per heavy atom. The Balaban J connectivity index is 1.47. The average molecular weight is 316 g/mol. The molecule has 0 aromatic carbocycles. The van der Waals surface area contributed by atoms with Gasteiger partial charge in [0, 0.05) is 38.2 Å². The van der Waals surface area contributed by atoms with E-state index in [-0.39, 0.29) is 0 Å². The van der Waals surface area contributed by atoms with Crippen molar-refractivity contribution in [3.8, 4) is 0 Å². The van der Waals surface area contributed by atoms with Crippen LogP contribution in [0.5, 0.6) is 0 Å². The quantitative estimate of drug-likeness (QED) is 0.746. The van der Waals surface area contributed by atoms with Crippen molar-refractivity contribution in [1.82, 2.24) is 24.1 Å². The Hall–Kier alpha value is -1.85. The Morgan fingerprint density at radius 2 is 2.18 bits per heavy atom. The van der Waals surface area contributed by atoms with Crippen molar-refractivity contribution in [3.05, 3.63) is 53.2 Å². The summed E-state index contributed by atoms with van der Waals surface area (Å²) >= 11 is 5.95. The molecule has 22 heavy (non-hydrogen) atoms. The van der Waals surface area contributed by atoms with Gasteiger partial charge in [-0.25, -0.2) is 4.98 Å². The maximum atomic E-state index is 5.95. The van der Waals surface area contributed by atoms with Gasteiger partial charge in [0.25, 0.3) is 0 Å². The lowest BCUT2D eigenvalue weighted by atomic mass is 10.3. The summed E-state index contributed by atoms with van der Waals surface area (Å²) in [4.78, 5) is 7.12. The van der Waals surface area contributed by atoms with E-state index in [9.17, 15) is 0 Å². The Kier molecular flexibility index (Phi) is 3.39. The molecule has 3 aromatic rings. The van der Waals surface area contributed by atoms with Crippen LogP contribution in [0.4, 0.5) is 0 Å². The molecule has 1 unspecified atom stereocenters. The highest BCUT2D eigenvalue weighted by atomic mass is 35.5. The van der Waals surface area contributed by atoms with Crippen molar-refractivity contribution >= 4 is 17.2 Å². The van der Waals surface area contributed by atoms with Crippen LogP contribution in [0, 0.1) is 6.92 Å². The predicted octanol–water partition coefficient (Wildman–Crippen LogP) is 2.94. The minimum absolute atomic E-state index is 0.409. The number of aryl methyl sites for hydroxylation is 1. The Labute approximate surface area is 134 Å². The van der Waals surface area contributed by atoms with Crippen LogP contribution in [-0.4, -0.2) is 37.2 Å². The molecular formula is C16H18ClN5. The zero-order valence-electron chi connectivity index (χ0n) is 12.5. The zero-order chi connectivity index (χ0) is 15.1. The molecule has 6 heteroatoms. The third-order valence-corrected chi connectivity index (χ3v) is 4.42. The summed E-state index contributed by atoms with van der Waals surface area (Å²) in [6, 6.07) is 4.57. The van der Waals surface area contributed by atoms with Crippen molar-refractivity contribution in [1.29, 1.82) is 0 Å². The number of nitrogens with zero attached hydrogens (tertiary/aromatic N) is 5. The molecule has 114 valence electrons. The van der Waals surface area contributed by atoms with Gasteiger partial charge in [-0.2, -0.15) is 5.10 Å². The van der Waals surface area contributed by atoms with Gasteiger partial charge >= 0.3 is 0 Å². The second-order valence-electron chi connectivity index (χ2n) is 6.02. The Bertz CT molecular complexity index is 806. The second kappa shape index (κ2) is 5.41. The number of rotatable bonds is 3. The van der Waals surface area contributed by atoms with Gasteiger partial charge in [0.05, 0.1) is 23.0 Å². The smallest absolute Gasteiger partial charge is 0.137 e. The zero-order valence-corrected chi connectivity index (χ0v) is 13.2. The van der Waals surface area contributed by atoms with Crippen LogP contribution in [-0.2, 0) is 6.54 Å². The fraction of sp³-hybridized carbons (Fsp3) is 0.375. The molecule has 1 fully saturated rings. The molecule has 0 bridgehead atoms. The van der Waals surface area contributed by atoms with Gasteiger partial charge in [0.1, 0.15) is 5.65 Å². The monoisotopic (exact) mass is 315 g/mol. The fourth-order valence-corrected chi connectivity index (χ4v) is 3.29. The lowest BCUT2D eigenvalue weighted by molar-refractivity contribution is 0.308. The Morgan fingerprint density at radius 3 is 3.00 bits per heavy atom. The van der Waals surface area contributed by atoms with E-state index in [2.05, 4.69) is 45.8 Å². The van der Waals surface area contributed by atoms with Gasteiger partial charge in [-0.1, -0.05) is 17.7 Å². The number of pyridine rings is 1. The lowest BCUT2D eigenvalue weighted by Crippen LogP contribution is -2.21. The summed E-state index contributed by atoms with van der Waals surface area (Å²) in [5.74, 6) is 0. The molecule has 1 saturated heterocycles. The van der Waals surface area contributed by atoms with Crippen molar-refractivity contribution in [2.45, 2.75) is 25.9 Å². The first-order valence-electron chi connectivity index (χ1n) is 7.53. The van der Waals surface area contributed by atoms with Crippen molar-refractivity contribution in [3.63, 3.8) is 0 Å². The fourth-order valence-electron chi connectivity index (χ4n) is 3.15. The van der Waals surface area contributed by atoms with E-state index in [0.717, 1.165) is 37.4 Å². The molecule has 1 aliphatic heterocycles. The molecule has 0 aliphatic carbocycles. The van der Waals surface area contributed by atoms with Gasteiger partial charge in [-0.3, -0.25) is 9.58 Å². The number of fused-ring (bicyclic) bond motifs is 1. The van der Waals surface area contributed by atoms with Gasteiger partial charge in [-0.15, -0.1) is 0 Å². The van der Waals surface area contributed by atoms with E-state index in [4.69, 9.17) is 16.6 Å². The molecule has 0 N–H and O–H groups in total. The van der Waals surface area contributed by atoms with Crippen molar-refractivity contribution in [2.24, 2.45) is 0 Å². The van der Waals surface area contributed by atoms with E-state index in [1.54, 1.807) is 6.20 Å². The van der Waals surface area contributed by atoms with E-state index < -0.39 is 0 Å². The second-order valence-corrected chi connectivity index (χ2v) is 6.46. The third kappa shape index (κ3) is 2.62. The van der Waals surface area contributed by atoms with Crippen LogP contribution in [0.1, 0.15) is 23.7 Å². The van der Waals surface area contributed by atoms with Crippen LogP contribution in [0.2, 0.25) is 5.02 Å². The van der Waals surface area contributed by atoms with Gasteiger partial charge < -0.3 is 4.40 Å². The lowest BCUT2D eigenvalue weighted by Gasteiger charge is -2.14. The van der Waals surface area contributed by atoms with Crippen molar-refractivity contribution in [2.75, 3.05) is 13.1 Å². The van der Waals surface area contributed by atoms with Crippen molar-refractivity contribution < 1.29 is 0 Å². The number of halogens is 1. The van der Waals surface area contributed by atoms with E-state index in [1.807, 2.05) is 10.9 Å². The third-order valence-electron chi connectivity index (χ3n) is 4.23. The summed E-state index contributed by atoms with van der Waals surface area (Å²) in [7, 11) is 0. The van der Waals surface area contributed by atoms with E-state index >= 15 is 0 Å². The molecule has 0 saturated carbocycles. The molecule has 5 nitrogen and oxygen atoms in total. The molecule has 1 aliphatic rings.